The highest BCUT2D eigenvalue weighted by molar-refractivity contribution is 7.55. The molecule has 0 saturated carbocycles. The number of unbranched alkanes of at least 4 members (excludes halogenated alkanes) is 4. The normalized spacial score (nSPS) is 13.9. The molecule has 29 heavy (non-hydrogen) atoms. The fourth-order valence-electron chi connectivity index (χ4n) is 3.34. The first-order valence-corrected chi connectivity index (χ1v) is 13.9. The summed E-state index contributed by atoms with van der Waals surface area (Å²) in [5.41, 5.74) is 0.461. The standard InChI is InChI=1S/C28H48P/c1-6-7-8-9-10-11-12-13-14-15-16-17-18-19-20-21-22-23-24-25-26-28(2,3)27-29(4)5/h10-11,13-14,16-17,19-20,22-23H,4,6-9,12,15,18,21,24-27H2,1-3,5H3/q+1/b11-10-,14-13-,17-16-,20-19-,23-22-. The van der Waals surface area contributed by atoms with E-state index in [2.05, 4.69) is 94.5 Å². The van der Waals surface area contributed by atoms with E-state index in [1.807, 2.05) is 0 Å². The summed E-state index contributed by atoms with van der Waals surface area (Å²) in [4.78, 5) is 0. The van der Waals surface area contributed by atoms with Crippen molar-refractivity contribution in [2.24, 2.45) is 5.41 Å². The van der Waals surface area contributed by atoms with Crippen molar-refractivity contribution in [3.63, 3.8) is 0 Å². The van der Waals surface area contributed by atoms with Crippen LogP contribution < -0.4 is 0 Å². The zero-order valence-electron chi connectivity index (χ0n) is 19.9. The Labute approximate surface area is 184 Å². The molecule has 0 aliphatic carbocycles. The van der Waals surface area contributed by atoms with Crippen LogP contribution in [0, 0.1) is 5.41 Å². The zero-order valence-corrected chi connectivity index (χ0v) is 20.8. The van der Waals surface area contributed by atoms with Crippen molar-refractivity contribution in [2.75, 3.05) is 12.8 Å². The van der Waals surface area contributed by atoms with E-state index in [1.165, 1.54) is 51.1 Å². The van der Waals surface area contributed by atoms with Gasteiger partial charge in [-0.1, -0.05) is 94.4 Å². The summed E-state index contributed by atoms with van der Waals surface area (Å²) in [6, 6.07) is 0. The van der Waals surface area contributed by atoms with Gasteiger partial charge in [-0.3, -0.25) is 0 Å². The number of hydrogen-bond donors (Lipinski definition) is 0. The van der Waals surface area contributed by atoms with Gasteiger partial charge >= 0.3 is 0 Å². The second-order valence-corrected chi connectivity index (χ2v) is 10.9. The predicted octanol–water partition coefficient (Wildman–Crippen LogP) is 9.65. The number of allylic oxidation sites excluding steroid dienone is 10. The lowest BCUT2D eigenvalue weighted by molar-refractivity contribution is 0.374. The predicted molar refractivity (Wildman–Crippen MR) is 141 cm³/mol. The van der Waals surface area contributed by atoms with Gasteiger partial charge in [0.15, 0.2) is 0 Å². The third kappa shape index (κ3) is 23.0. The summed E-state index contributed by atoms with van der Waals surface area (Å²) in [5, 5.41) is 0. The molecule has 1 atom stereocenters. The van der Waals surface area contributed by atoms with Crippen LogP contribution in [-0.2, 0) is 0 Å². The lowest BCUT2D eigenvalue weighted by Crippen LogP contribution is -2.14. The van der Waals surface area contributed by atoms with Gasteiger partial charge in [0.25, 0.3) is 0 Å². The van der Waals surface area contributed by atoms with Gasteiger partial charge in [-0.05, 0) is 57.8 Å². The van der Waals surface area contributed by atoms with Crippen LogP contribution in [0.2, 0.25) is 0 Å². The van der Waals surface area contributed by atoms with Crippen LogP contribution in [0.5, 0.6) is 0 Å². The molecule has 0 bridgehead atoms. The molecule has 0 N–H and O–H groups in total. The van der Waals surface area contributed by atoms with Crippen LogP contribution in [0.3, 0.4) is 0 Å². The summed E-state index contributed by atoms with van der Waals surface area (Å²) >= 11 is 0. The van der Waals surface area contributed by atoms with Crippen LogP contribution in [0.25, 0.3) is 0 Å². The highest BCUT2D eigenvalue weighted by atomic mass is 31.1. The third-order valence-corrected chi connectivity index (χ3v) is 6.21. The highest BCUT2D eigenvalue weighted by Gasteiger charge is 2.21. The molecule has 0 nitrogen and oxygen atoms in total. The average molecular weight is 416 g/mol. The second-order valence-electron chi connectivity index (χ2n) is 8.87. The summed E-state index contributed by atoms with van der Waals surface area (Å²) in [6.45, 7) is 9.31. The summed E-state index contributed by atoms with van der Waals surface area (Å²) in [6.07, 6.45) is 41.6. The molecule has 1 heteroatoms. The molecule has 0 heterocycles. The van der Waals surface area contributed by atoms with Crippen molar-refractivity contribution in [3.8, 4) is 0 Å². The van der Waals surface area contributed by atoms with E-state index in [4.69, 9.17) is 0 Å². The minimum absolute atomic E-state index is 0.0246. The average Bonchev–Trinajstić information content (AvgIpc) is 2.65. The Hall–Kier alpha value is -1.13. The Bertz CT molecular complexity index is 529. The van der Waals surface area contributed by atoms with E-state index in [0.717, 1.165) is 25.7 Å². The van der Waals surface area contributed by atoms with E-state index in [1.54, 1.807) is 0 Å². The zero-order chi connectivity index (χ0) is 21.6. The molecule has 0 rings (SSSR count). The summed E-state index contributed by atoms with van der Waals surface area (Å²) < 4.78 is 0. The molecular weight excluding hydrogens is 367 g/mol. The molecule has 0 aromatic carbocycles. The first kappa shape index (κ1) is 27.9. The maximum Gasteiger partial charge on any atom is 0.110 e. The Morgan fingerprint density at radius 3 is 1.48 bits per heavy atom. The number of rotatable bonds is 18. The Kier molecular flexibility index (Phi) is 19.4. The molecule has 0 radical (unpaired) electrons. The minimum Gasteiger partial charge on any atom is -0.0882 e. The molecule has 0 fully saturated rings. The van der Waals surface area contributed by atoms with Gasteiger partial charge in [-0.2, -0.15) is 0 Å². The molecule has 0 aliphatic heterocycles. The monoisotopic (exact) mass is 415 g/mol. The smallest absolute Gasteiger partial charge is 0.0882 e. The quantitative estimate of drug-likeness (QED) is 0.119. The van der Waals surface area contributed by atoms with Gasteiger partial charge in [-0.15, -0.1) is 0 Å². The van der Waals surface area contributed by atoms with Crippen molar-refractivity contribution in [1.82, 2.24) is 0 Å². The molecule has 0 aromatic rings. The molecule has 1 unspecified atom stereocenters. The maximum atomic E-state index is 4.19. The first-order valence-electron chi connectivity index (χ1n) is 11.7. The van der Waals surface area contributed by atoms with E-state index < -0.39 is 0 Å². The van der Waals surface area contributed by atoms with Crippen LogP contribution >= 0.6 is 7.55 Å². The maximum absolute atomic E-state index is 4.19. The minimum atomic E-state index is -0.0246. The second kappa shape index (κ2) is 20.2. The fourth-order valence-corrected chi connectivity index (χ4v) is 4.96. The molecular formula is C28H48P+. The Morgan fingerprint density at radius 2 is 1.07 bits per heavy atom. The Balaban J connectivity index is 3.60. The van der Waals surface area contributed by atoms with Gasteiger partial charge in [0.1, 0.15) is 6.16 Å². The lowest BCUT2D eigenvalue weighted by Gasteiger charge is -2.19. The van der Waals surface area contributed by atoms with Crippen LogP contribution in [0.15, 0.2) is 60.8 Å². The van der Waals surface area contributed by atoms with E-state index in [9.17, 15) is 0 Å². The van der Waals surface area contributed by atoms with Crippen molar-refractivity contribution >= 4 is 13.8 Å². The third-order valence-electron chi connectivity index (χ3n) is 4.82. The molecule has 0 spiro atoms. The fraction of sp³-hybridized carbons (Fsp3) is 0.607. The molecule has 0 saturated heterocycles. The molecule has 0 aromatic heterocycles. The van der Waals surface area contributed by atoms with Crippen LogP contribution in [-0.4, -0.2) is 19.1 Å². The first-order chi connectivity index (χ1) is 14.0. The topological polar surface area (TPSA) is 0 Å². The van der Waals surface area contributed by atoms with Gasteiger partial charge in [0, 0.05) is 5.41 Å². The van der Waals surface area contributed by atoms with Gasteiger partial charge < -0.3 is 0 Å². The van der Waals surface area contributed by atoms with Crippen LogP contribution in [0.4, 0.5) is 0 Å². The highest BCUT2D eigenvalue weighted by Crippen LogP contribution is 2.32. The SMILES string of the molecule is C=[P+](C)CC(C)(C)CCC/C=C\C/C=C\C/C=C\C/C=C\C/C=C\CCCCC. The van der Waals surface area contributed by atoms with E-state index in [0.29, 0.717) is 5.41 Å². The van der Waals surface area contributed by atoms with Crippen molar-refractivity contribution in [1.29, 1.82) is 0 Å². The lowest BCUT2D eigenvalue weighted by atomic mass is 9.89. The number of hydrogen-bond acceptors (Lipinski definition) is 0. The summed E-state index contributed by atoms with van der Waals surface area (Å²) in [7, 11) is -0.0246. The molecule has 0 amide bonds. The van der Waals surface area contributed by atoms with Crippen molar-refractivity contribution in [2.45, 2.75) is 91.4 Å². The van der Waals surface area contributed by atoms with Gasteiger partial charge in [-0.25, -0.2) is 0 Å². The molecule has 0 aliphatic rings. The van der Waals surface area contributed by atoms with Gasteiger partial charge in [0.05, 0.1) is 20.5 Å². The van der Waals surface area contributed by atoms with Crippen molar-refractivity contribution < 1.29 is 0 Å². The van der Waals surface area contributed by atoms with E-state index >= 15 is 0 Å². The van der Waals surface area contributed by atoms with Crippen molar-refractivity contribution in [3.05, 3.63) is 60.8 Å². The Morgan fingerprint density at radius 1 is 0.655 bits per heavy atom. The van der Waals surface area contributed by atoms with Crippen LogP contribution in [0.1, 0.15) is 91.4 Å². The summed E-state index contributed by atoms with van der Waals surface area (Å²) in [5.74, 6) is 0. The van der Waals surface area contributed by atoms with Gasteiger partial charge in [0.2, 0.25) is 0 Å². The van der Waals surface area contributed by atoms with E-state index in [-0.39, 0.29) is 7.55 Å². The molecule has 164 valence electrons. The largest absolute Gasteiger partial charge is 0.110 e.